The number of hydrogen-bond donors (Lipinski definition) is 0. The van der Waals surface area contributed by atoms with Crippen LogP contribution in [-0.4, -0.2) is 0 Å². The fourth-order valence-electron chi connectivity index (χ4n) is 3.00. The fourth-order valence-corrected chi connectivity index (χ4v) is 3.00. The highest BCUT2D eigenvalue weighted by Gasteiger charge is 2.09. The molecule has 0 aromatic heterocycles. The van der Waals surface area contributed by atoms with Crippen molar-refractivity contribution in [2.45, 2.75) is 84.5 Å². The Morgan fingerprint density at radius 3 is 2.10 bits per heavy atom. The van der Waals surface area contributed by atoms with Gasteiger partial charge in [0.2, 0.25) is 0 Å². The summed E-state index contributed by atoms with van der Waals surface area (Å²) in [5.41, 5.74) is 1.48. The Labute approximate surface area is 127 Å². The van der Waals surface area contributed by atoms with E-state index in [-0.39, 0.29) is 0 Å². The van der Waals surface area contributed by atoms with Gasteiger partial charge in [-0.1, -0.05) is 102 Å². The van der Waals surface area contributed by atoms with Crippen LogP contribution >= 0.6 is 0 Å². The lowest BCUT2D eigenvalue weighted by Crippen LogP contribution is -2.03. The van der Waals surface area contributed by atoms with Crippen molar-refractivity contribution >= 4 is 0 Å². The minimum absolute atomic E-state index is 1.09. The van der Waals surface area contributed by atoms with Crippen LogP contribution in [0.15, 0.2) is 30.3 Å². The Morgan fingerprint density at radius 1 is 0.850 bits per heavy atom. The van der Waals surface area contributed by atoms with Crippen molar-refractivity contribution in [3.05, 3.63) is 35.9 Å². The smallest absolute Gasteiger partial charge is 0.0279 e. The van der Waals surface area contributed by atoms with Gasteiger partial charge in [0.25, 0.3) is 0 Å². The van der Waals surface area contributed by atoms with Crippen LogP contribution in [0.4, 0.5) is 0 Å². The van der Waals surface area contributed by atoms with Crippen molar-refractivity contribution in [2.24, 2.45) is 5.92 Å². The van der Waals surface area contributed by atoms with E-state index in [0.29, 0.717) is 0 Å². The molecule has 114 valence electrons. The molecule has 1 fully saturated rings. The summed E-state index contributed by atoms with van der Waals surface area (Å²) in [7, 11) is 0. The quantitative estimate of drug-likeness (QED) is 0.501. The minimum Gasteiger partial charge on any atom is -0.0654 e. The van der Waals surface area contributed by atoms with Crippen LogP contribution in [0.3, 0.4) is 0 Å². The molecule has 0 N–H and O–H groups in total. The normalized spacial score (nSPS) is 15.5. The van der Waals surface area contributed by atoms with Crippen molar-refractivity contribution in [3.8, 4) is 0 Å². The second kappa shape index (κ2) is 12.0. The molecule has 0 nitrogen and oxygen atoms in total. The van der Waals surface area contributed by atoms with Crippen molar-refractivity contribution in [3.63, 3.8) is 0 Å². The van der Waals surface area contributed by atoms with Crippen molar-refractivity contribution in [1.82, 2.24) is 0 Å². The van der Waals surface area contributed by atoms with Crippen LogP contribution in [0.2, 0.25) is 0 Å². The molecule has 2 rings (SSSR count). The summed E-state index contributed by atoms with van der Waals surface area (Å²) in [6.45, 7) is 4.57. The average molecular weight is 274 g/mol. The van der Waals surface area contributed by atoms with E-state index in [1.807, 2.05) is 0 Å². The molecular weight excluding hydrogens is 240 g/mol. The molecule has 1 aromatic rings. The number of benzene rings is 1. The van der Waals surface area contributed by atoms with Gasteiger partial charge >= 0.3 is 0 Å². The summed E-state index contributed by atoms with van der Waals surface area (Å²) >= 11 is 0. The third kappa shape index (κ3) is 8.40. The lowest BCUT2D eigenvalue weighted by atomic mass is 9.88. The molecule has 1 aliphatic carbocycles. The van der Waals surface area contributed by atoms with Crippen molar-refractivity contribution < 1.29 is 0 Å². The zero-order valence-corrected chi connectivity index (χ0v) is 13.7. The highest BCUT2D eigenvalue weighted by Crippen LogP contribution is 2.25. The van der Waals surface area contributed by atoms with Gasteiger partial charge in [-0.05, 0) is 24.3 Å². The van der Waals surface area contributed by atoms with E-state index >= 15 is 0 Å². The van der Waals surface area contributed by atoms with Crippen molar-refractivity contribution in [2.75, 3.05) is 0 Å². The standard InChI is InChI=1S/C12H18.C8H16/c1-2-3-4-6-9-12-10-7-5-8-11-12;1-2-8-6-4-3-5-7-8/h5,7-8,10-11H,2-4,6,9H2,1H3;8H,2-7H2,1H3. The van der Waals surface area contributed by atoms with E-state index < -0.39 is 0 Å². The molecule has 0 heteroatoms. The molecule has 0 heterocycles. The average Bonchev–Trinajstić information content (AvgIpc) is 2.54. The van der Waals surface area contributed by atoms with Crippen LogP contribution < -0.4 is 0 Å². The first-order valence-corrected chi connectivity index (χ1v) is 8.90. The van der Waals surface area contributed by atoms with Crippen LogP contribution in [-0.2, 0) is 6.42 Å². The summed E-state index contributed by atoms with van der Waals surface area (Å²) in [5.74, 6) is 1.09. The molecule has 0 atom stereocenters. The lowest BCUT2D eigenvalue weighted by molar-refractivity contribution is 0.349. The third-order valence-corrected chi connectivity index (χ3v) is 4.46. The van der Waals surface area contributed by atoms with Crippen LogP contribution in [0.25, 0.3) is 0 Å². The SMILES string of the molecule is CCC1CCCCC1.CCCCCCc1ccccc1. The first-order chi connectivity index (χ1) is 9.86. The molecule has 0 aliphatic heterocycles. The van der Waals surface area contributed by atoms with Gasteiger partial charge in [0.15, 0.2) is 0 Å². The van der Waals surface area contributed by atoms with E-state index in [9.17, 15) is 0 Å². The molecule has 0 bridgehead atoms. The lowest BCUT2D eigenvalue weighted by Gasteiger charge is -2.18. The summed E-state index contributed by atoms with van der Waals surface area (Å²) in [6.07, 6.45) is 15.6. The van der Waals surface area contributed by atoms with Gasteiger partial charge < -0.3 is 0 Å². The Kier molecular flexibility index (Phi) is 10.4. The third-order valence-electron chi connectivity index (χ3n) is 4.46. The molecule has 0 spiro atoms. The number of unbranched alkanes of at least 4 members (excludes halogenated alkanes) is 3. The van der Waals surface area contributed by atoms with Gasteiger partial charge in [0.1, 0.15) is 0 Å². The molecule has 0 radical (unpaired) electrons. The predicted octanol–water partition coefficient (Wildman–Crippen LogP) is 6.79. The second-order valence-corrected chi connectivity index (χ2v) is 6.21. The van der Waals surface area contributed by atoms with Crippen LogP contribution in [0.5, 0.6) is 0 Å². The number of hydrogen-bond acceptors (Lipinski definition) is 0. The van der Waals surface area contributed by atoms with Crippen LogP contribution in [0.1, 0.15) is 83.6 Å². The molecule has 0 amide bonds. The summed E-state index contributed by atoms with van der Waals surface area (Å²) in [4.78, 5) is 0. The Morgan fingerprint density at radius 2 is 1.55 bits per heavy atom. The van der Waals surface area contributed by atoms with E-state index in [2.05, 4.69) is 44.2 Å². The topological polar surface area (TPSA) is 0 Å². The number of aryl methyl sites for hydroxylation is 1. The first kappa shape index (κ1) is 17.3. The monoisotopic (exact) mass is 274 g/mol. The summed E-state index contributed by atoms with van der Waals surface area (Å²) < 4.78 is 0. The van der Waals surface area contributed by atoms with Crippen molar-refractivity contribution in [1.29, 1.82) is 0 Å². The molecule has 0 unspecified atom stereocenters. The Bertz CT molecular complexity index is 295. The highest BCUT2D eigenvalue weighted by atomic mass is 14.2. The Balaban J connectivity index is 0.000000217. The maximum Gasteiger partial charge on any atom is -0.0279 e. The van der Waals surface area contributed by atoms with Gasteiger partial charge in [-0.2, -0.15) is 0 Å². The van der Waals surface area contributed by atoms with Gasteiger partial charge in [-0.15, -0.1) is 0 Å². The predicted molar refractivity (Wildman–Crippen MR) is 91.2 cm³/mol. The summed E-state index contributed by atoms with van der Waals surface area (Å²) in [6, 6.07) is 10.7. The van der Waals surface area contributed by atoms with E-state index in [4.69, 9.17) is 0 Å². The van der Waals surface area contributed by atoms with E-state index in [1.165, 1.54) is 76.2 Å². The second-order valence-electron chi connectivity index (χ2n) is 6.21. The summed E-state index contributed by atoms with van der Waals surface area (Å²) in [5, 5.41) is 0. The maximum absolute atomic E-state index is 2.32. The van der Waals surface area contributed by atoms with Gasteiger partial charge in [-0.25, -0.2) is 0 Å². The van der Waals surface area contributed by atoms with Crippen LogP contribution in [0, 0.1) is 5.92 Å². The molecule has 1 aromatic carbocycles. The molecule has 20 heavy (non-hydrogen) atoms. The largest absolute Gasteiger partial charge is 0.0654 e. The van der Waals surface area contributed by atoms with E-state index in [1.54, 1.807) is 0 Å². The molecule has 1 aliphatic rings. The minimum atomic E-state index is 1.09. The molecular formula is C20H34. The highest BCUT2D eigenvalue weighted by molar-refractivity contribution is 5.14. The Hall–Kier alpha value is -0.780. The first-order valence-electron chi connectivity index (χ1n) is 8.90. The van der Waals surface area contributed by atoms with Gasteiger partial charge in [0.05, 0.1) is 0 Å². The zero-order valence-electron chi connectivity index (χ0n) is 13.7. The zero-order chi connectivity index (χ0) is 14.5. The maximum atomic E-state index is 2.32. The van der Waals surface area contributed by atoms with Gasteiger partial charge in [-0.3, -0.25) is 0 Å². The molecule has 1 saturated carbocycles. The number of rotatable bonds is 6. The van der Waals surface area contributed by atoms with E-state index in [0.717, 1.165) is 5.92 Å². The molecule has 0 saturated heterocycles. The van der Waals surface area contributed by atoms with Gasteiger partial charge in [0, 0.05) is 0 Å². The fraction of sp³-hybridized carbons (Fsp3) is 0.700.